The summed E-state index contributed by atoms with van der Waals surface area (Å²) in [5.41, 5.74) is 3.96. The van der Waals surface area contributed by atoms with Gasteiger partial charge in [-0.1, -0.05) is 48.5 Å². The number of benzene rings is 4. The van der Waals surface area contributed by atoms with Crippen molar-refractivity contribution in [1.29, 1.82) is 0 Å². The second kappa shape index (κ2) is 9.03. The predicted octanol–water partition coefficient (Wildman–Crippen LogP) is 7.60. The molecular weight excluding hydrogens is 475 g/mol. The summed E-state index contributed by atoms with van der Waals surface area (Å²) in [6.45, 7) is 2.13. The highest BCUT2D eigenvalue weighted by molar-refractivity contribution is 6.04. The van der Waals surface area contributed by atoms with Crippen LogP contribution in [0.4, 0.5) is 13.2 Å². The van der Waals surface area contributed by atoms with Gasteiger partial charge in [-0.05, 0) is 113 Å². The number of aromatic carboxylic acids is 1. The van der Waals surface area contributed by atoms with E-state index in [-0.39, 0.29) is 5.56 Å². The maximum absolute atomic E-state index is 13.0. The number of halogens is 3. The molecule has 1 heterocycles. The monoisotopic (exact) mass is 501 g/mol. The molecule has 1 saturated heterocycles. The van der Waals surface area contributed by atoms with Gasteiger partial charge in [-0.2, -0.15) is 13.2 Å². The van der Waals surface area contributed by atoms with Gasteiger partial charge in [0.1, 0.15) is 0 Å². The molecule has 3 nitrogen and oxygen atoms in total. The minimum atomic E-state index is -4.39. The van der Waals surface area contributed by atoms with E-state index in [4.69, 9.17) is 0 Å². The fraction of sp³-hybridized carbons (Fsp3) is 0.258. The topological polar surface area (TPSA) is 49.3 Å². The van der Waals surface area contributed by atoms with Crippen molar-refractivity contribution in [2.75, 3.05) is 13.1 Å². The Hall–Kier alpha value is -3.64. The van der Waals surface area contributed by atoms with E-state index >= 15 is 0 Å². The Morgan fingerprint density at radius 2 is 1.41 bits per heavy atom. The molecule has 0 aromatic heterocycles. The van der Waals surface area contributed by atoms with Gasteiger partial charge in [-0.15, -0.1) is 0 Å². The molecule has 2 fully saturated rings. The second-order valence-electron chi connectivity index (χ2n) is 10.2. The van der Waals surface area contributed by atoms with Crippen LogP contribution in [-0.2, 0) is 6.18 Å². The first-order valence-electron chi connectivity index (χ1n) is 12.6. The van der Waals surface area contributed by atoms with Crippen molar-refractivity contribution >= 4 is 16.7 Å². The van der Waals surface area contributed by atoms with Crippen LogP contribution in [0.1, 0.15) is 40.2 Å². The van der Waals surface area contributed by atoms with Crippen molar-refractivity contribution in [2.45, 2.75) is 24.9 Å². The molecule has 1 aliphatic heterocycles. The zero-order valence-corrected chi connectivity index (χ0v) is 20.1. The van der Waals surface area contributed by atoms with Crippen molar-refractivity contribution in [3.63, 3.8) is 0 Å². The first-order valence-corrected chi connectivity index (χ1v) is 12.6. The molecule has 2 aliphatic rings. The van der Waals surface area contributed by atoms with E-state index in [2.05, 4.69) is 29.6 Å². The SMILES string of the molecule is O=C(O)c1cc(-c2ccc(C3C4CCC3CNC4)cc2)c2ccc(-c3ccc(C(F)(F)F)cc3)cc2c1. The van der Waals surface area contributed by atoms with Crippen LogP contribution in [0.3, 0.4) is 0 Å². The number of carbonyl (C=O) groups is 1. The Balaban J connectivity index is 1.38. The summed E-state index contributed by atoms with van der Waals surface area (Å²) in [5.74, 6) is 0.892. The highest BCUT2D eigenvalue weighted by Gasteiger charge is 2.39. The van der Waals surface area contributed by atoms with Gasteiger partial charge >= 0.3 is 12.1 Å². The van der Waals surface area contributed by atoms with E-state index < -0.39 is 17.7 Å². The summed E-state index contributed by atoms with van der Waals surface area (Å²) >= 11 is 0. The van der Waals surface area contributed by atoms with Crippen molar-refractivity contribution in [2.24, 2.45) is 11.8 Å². The van der Waals surface area contributed by atoms with Crippen LogP contribution >= 0.6 is 0 Å². The molecule has 188 valence electrons. The van der Waals surface area contributed by atoms with Gasteiger partial charge in [0.2, 0.25) is 0 Å². The van der Waals surface area contributed by atoms with Gasteiger partial charge in [0.15, 0.2) is 0 Å². The van der Waals surface area contributed by atoms with Crippen LogP contribution in [0, 0.1) is 11.8 Å². The minimum Gasteiger partial charge on any atom is -0.478 e. The number of alkyl halides is 3. The molecule has 2 atom stereocenters. The second-order valence-corrected chi connectivity index (χ2v) is 10.2. The molecular formula is C31H26F3NO2. The molecule has 1 saturated carbocycles. The first kappa shape index (κ1) is 23.7. The number of fused-ring (bicyclic) bond motifs is 3. The smallest absolute Gasteiger partial charge is 0.416 e. The molecule has 0 amide bonds. The van der Waals surface area contributed by atoms with Crippen LogP contribution in [0.15, 0.2) is 78.9 Å². The Labute approximate surface area is 213 Å². The van der Waals surface area contributed by atoms with E-state index in [9.17, 15) is 23.1 Å². The Morgan fingerprint density at radius 1 is 0.784 bits per heavy atom. The van der Waals surface area contributed by atoms with Crippen LogP contribution in [0.2, 0.25) is 0 Å². The fourth-order valence-electron chi connectivity index (χ4n) is 6.28. The quantitative estimate of drug-likeness (QED) is 0.303. The standard InChI is InChI=1S/C31H26F3NO2/c32-31(33,34)26-10-7-18(8-11-26)21-9-12-27-24(13-21)14-25(30(36)37)15-28(27)19-1-3-20(4-2-19)29-22-5-6-23(29)17-35-16-22/h1-4,7-15,22-23,29,35H,5-6,16-17H2,(H,36,37). The molecule has 6 rings (SSSR count). The summed E-state index contributed by atoms with van der Waals surface area (Å²) in [6.07, 6.45) is -1.87. The molecule has 4 aromatic carbocycles. The lowest BCUT2D eigenvalue weighted by Gasteiger charge is -2.31. The maximum Gasteiger partial charge on any atom is 0.416 e. The summed E-state index contributed by atoms with van der Waals surface area (Å²) < 4.78 is 38.9. The largest absolute Gasteiger partial charge is 0.478 e. The minimum absolute atomic E-state index is 0.174. The summed E-state index contributed by atoms with van der Waals surface area (Å²) in [5, 5.41) is 14.9. The van der Waals surface area contributed by atoms with Gasteiger partial charge in [0, 0.05) is 0 Å². The van der Waals surface area contributed by atoms with Crippen LogP contribution in [0.25, 0.3) is 33.0 Å². The zero-order chi connectivity index (χ0) is 25.7. The third-order valence-corrected chi connectivity index (χ3v) is 8.09. The fourth-order valence-corrected chi connectivity index (χ4v) is 6.28. The number of carboxylic acids is 1. The van der Waals surface area contributed by atoms with Gasteiger partial charge < -0.3 is 10.4 Å². The molecule has 2 unspecified atom stereocenters. The molecule has 4 aromatic rings. The molecule has 1 aliphatic carbocycles. The summed E-state index contributed by atoms with van der Waals surface area (Å²) in [6, 6.07) is 22.5. The predicted molar refractivity (Wildman–Crippen MR) is 139 cm³/mol. The first-order chi connectivity index (χ1) is 17.8. The van der Waals surface area contributed by atoms with Crippen LogP contribution in [-0.4, -0.2) is 24.2 Å². The van der Waals surface area contributed by atoms with Gasteiger partial charge in [-0.25, -0.2) is 4.79 Å². The number of rotatable bonds is 4. The Morgan fingerprint density at radius 3 is 2.03 bits per heavy atom. The van der Waals surface area contributed by atoms with E-state index in [0.29, 0.717) is 23.3 Å². The van der Waals surface area contributed by atoms with Gasteiger partial charge in [0.05, 0.1) is 11.1 Å². The van der Waals surface area contributed by atoms with E-state index in [1.165, 1.54) is 30.5 Å². The molecule has 6 heteroatoms. The maximum atomic E-state index is 13.0. The van der Waals surface area contributed by atoms with Crippen molar-refractivity contribution in [3.8, 4) is 22.3 Å². The van der Waals surface area contributed by atoms with E-state index in [0.717, 1.165) is 52.7 Å². The number of nitrogens with one attached hydrogen (secondary N) is 1. The highest BCUT2D eigenvalue weighted by atomic mass is 19.4. The Kier molecular flexibility index (Phi) is 5.80. The van der Waals surface area contributed by atoms with Crippen LogP contribution in [0.5, 0.6) is 0 Å². The normalized spacial score (nSPS) is 21.3. The van der Waals surface area contributed by atoms with Crippen LogP contribution < -0.4 is 5.32 Å². The average molecular weight is 502 g/mol. The zero-order valence-electron chi connectivity index (χ0n) is 20.1. The lowest BCUT2D eigenvalue weighted by atomic mass is 9.80. The average Bonchev–Trinajstić information content (AvgIpc) is 3.15. The third kappa shape index (κ3) is 4.40. The summed E-state index contributed by atoms with van der Waals surface area (Å²) in [4.78, 5) is 11.9. The van der Waals surface area contributed by atoms with Crippen molar-refractivity contribution < 1.29 is 23.1 Å². The molecule has 2 bridgehead atoms. The van der Waals surface area contributed by atoms with Crippen molar-refractivity contribution in [3.05, 3.63) is 95.6 Å². The van der Waals surface area contributed by atoms with Gasteiger partial charge in [-0.3, -0.25) is 0 Å². The molecule has 0 spiro atoms. The number of hydrogen-bond donors (Lipinski definition) is 2. The highest BCUT2D eigenvalue weighted by Crippen LogP contribution is 2.46. The lowest BCUT2D eigenvalue weighted by molar-refractivity contribution is -0.137. The third-order valence-electron chi connectivity index (χ3n) is 8.09. The number of piperidine rings is 1. The molecule has 0 radical (unpaired) electrons. The molecule has 2 N–H and O–H groups in total. The lowest BCUT2D eigenvalue weighted by Crippen LogP contribution is -2.36. The van der Waals surface area contributed by atoms with Gasteiger partial charge in [0.25, 0.3) is 0 Å². The molecule has 37 heavy (non-hydrogen) atoms. The Bertz CT molecular complexity index is 1460. The van der Waals surface area contributed by atoms with E-state index in [1.807, 2.05) is 18.2 Å². The van der Waals surface area contributed by atoms with E-state index in [1.54, 1.807) is 12.1 Å². The van der Waals surface area contributed by atoms with Crippen molar-refractivity contribution in [1.82, 2.24) is 5.32 Å². The number of carboxylic acid groups (broad SMARTS) is 1. The number of hydrogen-bond acceptors (Lipinski definition) is 2. The summed E-state index contributed by atoms with van der Waals surface area (Å²) in [7, 11) is 0.